The van der Waals surface area contributed by atoms with Crippen LogP contribution in [0.5, 0.6) is 5.75 Å². The maximum atomic E-state index is 13.1. The number of carbonyl (C=O) groups excluding carboxylic acids is 2. The van der Waals surface area contributed by atoms with Gasteiger partial charge in [-0.1, -0.05) is 30.2 Å². The molecule has 0 aromatic heterocycles. The van der Waals surface area contributed by atoms with E-state index < -0.39 is 5.54 Å². The van der Waals surface area contributed by atoms with Gasteiger partial charge in [-0.2, -0.15) is 0 Å². The number of amides is 1. The smallest absolute Gasteiger partial charge is 0.266 e. The Bertz CT molecular complexity index is 877. The third kappa shape index (κ3) is 5.67. The van der Waals surface area contributed by atoms with Gasteiger partial charge in [-0.15, -0.1) is 0 Å². The Morgan fingerprint density at radius 1 is 1.07 bits per heavy atom. The van der Waals surface area contributed by atoms with Crippen LogP contribution >= 0.6 is 0 Å². The van der Waals surface area contributed by atoms with Crippen molar-refractivity contribution < 1.29 is 14.3 Å². The molecule has 1 N–H and O–H groups in total. The summed E-state index contributed by atoms with van der Waals surface area (Å²) >= 11 is 0. The Balaban J connectivity index is 2.28. The zero-order chi connectivity index (χ0) is 21.8. The number of aryl methyl sites for hydroxylation is 2. The fourth-order valence-corrected chi connectivity index (χ4v) is 3.33. The Morgan fingerprint density at radius 2 is 1.69 bits per heavy atom. The maximum absolute atomic E-state index is 13.1. The number of rotatable bonds is 7. The molecule has 2 aromatic rings. The van der Waals surface area contributed by atoms with Gasteiger partial charge in [-0.05, 0) is 65.3 Å². The van der Waals surface area contributed by atoms with Crippen LogP contribution < -0.4 is 10.2 Å². The van der Waals surface area contributed by atoms with Crippen LogP contribution in [0.25, 0.3) is 0 Å². The van der Waals surface area contributed by atoms with E-state index in [-0.39, 0.29) is 18.2 Å². The molecule has 0 saturated carbocycles. The van der Waals surface area contributed by atoms with Gasteiger partial charge in [0.25, 0.3) is 5.91 Å². The van der Waals surface area contributed by atoms with Crippen LogP contribution in [0.15, 0.2) is 36.4 Å². The van der Waals surface area contributed by atoms with Crippen LogP contribution in [0, 0.1) is 13.8 Å². The van der Waals surface area contributed by atoms with Crippen molar-refractivity contribution in [2.24, 2.45) is 0 Å². The zero-order valence-corrected chi connectivity index (χ0v) is 18.6. The summed E-state index contributed by atoms with van der Waals surface area (Å²) in [7, 11) is 1.60. The van der Waals surface area contributed by atoms with Gasteiger partial charge in [0.05, 0.1) is 13.7 Å². The van der Waals surface area contributed by atoms with Crippen LogP contribution in [-0.4, -0.2) is 35.9 Å². The first-order valence-electron chi connectivity index (χ1n) is 9.92. The number of ether oxygens (including phenoxy) is 1. The normalized spacial score (nSPS) is 11.4. The first kappa shape index (κ1) is 22.6. The number of Topliss-reactive ketones (excluding diaryl/α,β-unsaturated/α-hetero) is 1. The van der Waals surface area contributed by atoms with Crippen molar-refractivity contribution in [3.05, 3.63) is 64.2 Å². The fraction of sp³-hybridized carbons (Fsp3) is 0.417. The summed E-state index contributed by atoms with van der Waals surface area (Å²) in [6.07, 6.45) is 0.670. The molecule has 0 aliphatic carbocycles. The molecule has 0 atom stereocenters. The van der Waals surface area contributed by atoms with E-state index in [2.05, 4.69) is 5.43 Å². The third-order valence-corrected chi connectivity index (χ3v) is 4.84. The maximum Gasteiger partial charge on any atom is 0.266 e. The highest BCUT2D eigenvalue weighted by atomic mass is 16.5. The molecule has 156 valence electrons. The number of hydrazine groups is 1. The van der Waals surface area contributed by atoms with E-state index >= 15 is 0 Å². The number of ketones is 1. The van der Waals surface area contributed by atoms with E-state index in [9.17, 15) is 9.59 Å². The highest BCUT2D eigenvalue weighted by Gasteiger charge is 2.27. The topological polar surface area (TPSA) is 58.6 Å². The molecular weight excluding hydrogens is 364 g/mol. The van der Waals surface area contributed by atoms with Crippen LogP contribution in [-0.2, 0) is 6.42 Å². The summed E-state index contributed by atoms with van der Waals surface area (Å²) < 4.78 is 5.40. The minimum Gasteiger partial charge on any atom is -0.496 e. The molecule has 0 radical (unpaired) electrons. The van der Waals surface area contributed by atoms with Crippen molar-refractivity contribution >= 4 is 11.7 Å². The van der Waals surface area contributed by atoms with E-state index in [4.69, 9.17) is 4.74 Å². The molecule has 5 heteroatoms. The van der Waals surface area contributed by atoms with E-state index in [1.165, 1.54) is 0 Å². The molecule has 0 bridgehead atoms. The number of nitrogens with one attached hydrogen (secondary N) is 1. The SMILES string of the molecule is CCc1c(OC)cccc1C(=O)NN(CC(=O)c1cc(C)cc(C)c1)C(C)(C)C. The highest BCUT2D eigenvalue weighted by molar-refractivity contribution is 5.99. The second kappa shape index (κ2) is 9.23. The van der Waals surface area contributed by atoms with Gasteiger partial charge < -0.3 is 4.74 Å². The van der Waals surface area contributed by atoms with Gasteiger partial charge in [-0.25, -0.2) is 5.01 Å². The van der Waals surface area contributed by atoms with Crippen molar-refractivity contribution in [1.29, 1.82) is 0 Å². The Labute approximate surface area is 174 Å². The van der Waals surface area contributed by atoms with Crippen molar-refractivity contribution in [3.63, 3.8) is 0 Å². The van der Waals surface area contributed by atoms with Crippen LogP contribution in [0.4, 0.5) is 0 Å². The molecule has 1 amide bonds. The first-order valence-corrected chi connectivity index (χ1v) is 9.92. The van der Waals surface area contributed by atoms with Gasteiger partial charge in [0.1, 0.15) is 5.75 Å². The minimum absolute atomic E-state index is 0.0339. The fourth-order valence-electron chi connectivity index (χ4n) is 3.33. The number of benzene rings is 2. The summed E-state index contributed by atoms with van der Waals surface area (Å²) in [5, 5.41) is 1.70. The lowest BCUT2D eigenvalue weighted by Crippen LogP contribution is -2.54. The van der Waals surface area contributed by atoms with Crippen molar-refractivity contribution in [3.8, 4) is 5.75 Å². The van der Waals surface area contributed by atoms with Gasteiger partial charge in [0.15, 0.2) is 5.78 Å². The summed E-state index contributed by atoms with van der Waals surface area (Å²) in [6.45, 7) is 11.9. The standard InChI is InChI=1S/C24H32N2O3/c1-8-19-20(10-9-11-22(19)29-7)23(28)25-26(24(4,5)6)15-21(27)18-13-16(2)12-17(3)14-18/h9-14H,8,15H2,1-7H3,(H,25,28). The lowest BCUT2D eigenvalue weighted by Gasteiger charge is -2.35. The van der Waals surface area contributed by atoms with E-state index in [0.29, 0.717) is 23.3 Å². The average Bonchev–Trinajstić information content (AvgIpc) is 2.64. The summed E-state index contributed by atoms with van der Waals surface area (Å²) in [4.78, 5) is 26.0. The number of hydrogen-bond acceptors (Lipinski definition) is 4. The molecule has 2 aromatic carbocycles. The molecular formula is C24H32N2O3. The number of hydrogen-bond donors (Lipinski definition) is 1. The third-order valence-electron chi connectivity index (χ3n) is 4.84. The average molecular weight is 397 g/mol. The molecule has 29 heavy (non-hydrogen) atoms. The monoisotopic (exact) mass is 396 g/mol. The van der Waals surface area contributed by atoms with Crippen molar-refractivity contribution in [1.82, 2.24) is 10.4 Å². The number of nitrogens with zero attached hydrogens (tertiary/aromatic N) is 1. The first-order chi connectivity index (χ1) is 13.6. The van der Waals surface area contributed by atoms with Crippen molar-refractivity contribution in [2.75, 3.05) is 13.7 Å². The molecule has 2 rings (SSSR count). The predicted molar refractivity (Wildman–Crippen MR) is 117 cm³/mol. The quantitative estimate of drug-likeness (QED) is 0.553. The van der Waals surface area contributed by atoms with Gasteiger partial charge >= 0.3 is 0 Å². The second-order valence-electron chi connectivity index (χ2n) is 8.34. The summed E-state index contributed by atoms with van der Waals surface area (Å²) in [6, 6.07) is 11.2. The van der Waals surface area contributed by atoms with E-state index in [0.717, 1.165) is 16.7 Å². The van der Waals surface area contributed by atoms with Crippen LogP contribution in [0.2, 0.25) is 0 Å². The van der Waals surface area contributed by atoms with Gasteiger partial charge in [0, 0.05) is 22.2 Å². The van der Waals surface area contributed by atoms with Gasteiger partial charge in [0.2, 0.25) is 0 Å². The Kier molecular flexibility index (Phi) is 7.20. The Hall–Kier alpha value is -2.66. The Morgan fingerprint density at radius 3 is 2.21 bits per heavy atom. The minimum atomic E-state index is -0.435. The highest BCUT2D eigenvalue weighted by Crippen LogP contribution is 2.23. The summed E-state index contributed by atoms with van der Waals surface area (Å²) in [5.74, 6) is 0.408. The number of methoxy groups -OCH3 is 1. The largest absolute Gasteiger partial charge is 0.496 e. The zero-order valence-electron chi connectivity index (χ0n) is 18.6. The molecule has 0 aliphatic rings. The molecule has 0 unspecified atom stereocenters. The molecule has 0 aliphatic heterocycles. The van der Waals surface area contributed by atoms with E-state index in [1.807, 2.05) is 65.8 Å². The van der Waals surface area contributed by atoms with Gasteiger partial charge in [-0.3, -0.25) is 15.0 Å². The lowest BCUT2D eigenvalue weighted by atomic mass is 10.0. The molecule has 0 fully saturated rings. The molecule has 5 nitrogen and oxygen atoms in total. The lowest BCUT2D eigenvalue weighted by molar-refractivity contribution is 0.0477. The molecule has 0 heterocycles. The van der Waals surface area contributed by atoms with Crippen LogP contribution in [0.3, 0.4) is 0 Å². The second-order valence-corrected chi connectivity index (χ2v) is 8.34. The van der Waals surface area contributed by atoms with E-state index in [1.54, 1.807) is 24.3 Å². The molecule has 0 saturated heterocycles. The number of carbonyl (C=O) groups is 2. The van der Waals surface area contributed by atoms with Crippen molar-refractivity contribution in [2.45, 2.75) is 53.5 Å². The predicted octanol–water partition coefficient (Wildman–Crippen LogP) is 4.50. The van der Waals surface area contributed by atoms with Crippen LogP contribution in [0.1, 0.15) is 65.1 Å². The molecule has 0 spiro atoms. The summed E-state index contributed by atoms with van der Waals surface area (Å²) in [5.41, 5.74) is 6.66.